The molecule has 11 heteroatoms. The molecule has 4 unspecified atom stereocenters. The van der Waals surface area contributed by atoms with Crippen LogP contribution in [0.25, 0.3) is 0 Å². The molecule has 2 saturated carbocycles. The zero-order chi connectivity index (χ0) is 18.2. The first kappa shape index (κ1) is 20.1. The van der Waals surface area contributed by atoms with E-state index < -0.39 is 51.8 Å². The number of rotatable bonds is 5. The van der Waals surface area contributed by atoms with Gasteiger partial charge in [0.1, 0.15) is 9.84 Å². The Kier molecular flexibility index (Phi) is 6.01. The van der Waals surface area contributed by atoms with Crippen molar-refractivity contribution >= 4 is 30.0 Å². The quantitative estimate of drug-likeness (QED) is 0.637. The third-order valence-electron chi connectivity index (χ3n) is 5.00. The van der Waals surface area contributed by atoms with Gasteiger partial charge in [-0.3, -0.25) is 4.55 Å². The molecule has 24 heavy (non-hydrogen) atoms. The minimum absolute atomic E-state index is 0.0420. The van der Waals surface area contributed by atoms with Crippen LogP contribution in [-0.2, 0) is 30.0 Å². The van der Waals surface area contributed by atoms with Crippen molar-refractivity contribution < 1.29 is 29.8 Å². The Bertz CT molecular complexity index is 757. The molecule has 0 radical (unpaired) electrons. The van der Waals surface area contributed by atoms with Crippen molar-refractivity contribution in [3.05, 3.63) is 0 Å². The van der Waals surface area contributed by atoms with Crippen molar-refractivity contribution in [1.82, 2.24) is 4.72 Å². The summed E-state index contributed by atoms with van der Waals surface area (Å²) in [6, 6.07) is -0.547. The average Bonchev–Trinajstić information content (AvgIpc) is 2.45. The van der Waals surface area contributed by atoms with Gasteiger partial charge in [0.25, 0.3) is 10.1 Å². The van der Waals surface area contributed by atoms with E-state index in [1.807, 2.05) is 0 Å². The fourth-order valence-corrected chi connectivity index (χ4v) is 7.70. The van der Waals surface area contributed by atoms with Gasteiger partial charge in [0.2, 0.25) is 10.0 Å². The van der Waals surface area contributed by atoms with E-state index in [9.17, 15) is 25.3 Å². The maximum atomic E-state index is 12.6. The number of sulfonamides is 1. The molecule has 0 spiro atoms. The highest BCUT2D eigenvalue weighted by Crippen LogP contribution is 2.30. The highest BCUT2D eigenvalue weighted by atomic mass is 32.2. The second kappa shape index (κ2) is 7.18. The highest BCUT2D eigenvalue weighted by Gasteiger charge is 2.38. The molecule has 0 aromatic rings. The van der Waals surface area contributed by atoms with E-state index in [4.69, 9.17) is 4.55 Å². The van der Waals surface area contributed by atoms with E-state index in [0.717, 1.165) is 6.26 Å². The summed E-state index contributed by atoms with van der Waals surface area (Å²) in [7, 11) is -11.2. The number of nitrogens with one attached hydrogen (secondary N) is 1. The summed E-state index contributed by atoms with van der Waals surface area (Å²) >= 11 is 0. The van der Waals surface area contributed by atoms with Gasteiger partial charge in [-0.05, 0) is 38.5 Å². The maximum Gasteiger partial charge on any atom is 0.267 e. The first-order valence-corrected chi connectivity index (χ1v) is 13.1. The second-order valence-corrected chi connectivity index (χ2v) is 12.9. The Hall–Kier alpha value is -0.230. The monoisotopic (exact) mass is 403 g/mol. The molecule has 2 N–H and O–H groups in total. The summed E-state index contributed by atoms with van der Waals surface area (Å²) in [5, 5.41) is -2.38. The molecular formula is C13H25NO7S3. The third kappa shape index (κ3) is 5.13. The normalized spacial score (nSPS) is 33.2. The molecule has 8 nitrogen and oxygen atoms in total. The lowest BCUT2D eigenvalue weighted by molar-refractivity contribution is 0.378. The van der Waals surface area contributed by atoms with Crippen molar-refractivity contribution in [1.29, 1.82) is 0 Å². The SMILES string of the molecule is CS(=O)(=O)C1CCCC(S(=O)(=O)NC2CCCC(S(=O)(=O)O)C2)C1. The van der Waals surface area contributed by atoms with E-state index in [1.54, 1.807) is 0 Å². The predicted octanol–water partition coefficient (Wildman–Crippen LogP) is 0.461. The summed E-state index contributed by atoms with van der Waals surface area (Å²) in [6.45, 7) is 0. The minimum atomic E-state index is -4.18. The van der Waals surface area contributed by atoms with Crippen LogP contribution in [0.2, 0.25) is 0 Å². The van der Waals surface area contributed by atoms with Crippen LogP contribution in [0.15, 0.2) is 0 Å². The van der Waals surface area contributed by atoms with Crippen LogP contribution in [-0.4, -0.2) is 57.9 Å². The van der Waals surface area contributed by atoms with Gasteiger partial charge >= 0.3 is 0 Å². The lowest BCUT2D eigenvalue weighted by atomic mass is 9.96. The number of hydrogen-bond acceptors (Lipinski definition) is 6. The van der Waals surface area contributed by atoms with Crippen LogP contribution in [0, 0.1) is 0 Å². The molecule has 2 aliphatic carbocycles. The number of sulfone groups is 1. The fourth-order valence-electron chi connectivity index (χ4n) is 3.62. The van der Waals surface area contributed by atoms with Crippen LogP contribution in [0.4, 0.5) is 0 Å². The molecular weight excluding hydrogens is 378 g/mol. The second-order valence-electron chi connectivity index (χ2n) is 6.90. The zero-order valence-corrected chi connectivity index (χ0v) is 16.0. The molecule has 2 rings (SSSR count). The summed E-state index contributed by atoms with van der Waals surface area (Å²) < 4.78 is 82.7. The van der Waals surface area contributed by atoms with E-state index in [-0.39, 0.29) is 12.8 Å². The van der Waals surface area contributed by atoms with Crippen LogP contribution >= 0.6 is 0 Å². The van der Waals surface area contributed by atoms with Gasteiger partial charge in [0, 0.05) is 12.3 Å². The summed E-state index contributed by atoms with van der Waals surface area (Å²) in [4.78, 5) is 0. The smallest absolute Gasteiger partial charge is 0.267 e. The third-order valence-corrected chi connectivity index (χ3v) is 9.88. The van der Waals surface area contributed by atoms with Crippen molar-refractivity contribution in [3.63, 3.8) is 0 Å². The topological polar surface area (TPSA) is 135 Å². The molecule has 142 valence electrons. The first-order valence-electron chi connectivity index (χ1n) is 8.06. The Morgan fingerprint density at radius 1 is 0.792 bits per heavy atom. The fraction of sp³-hybridized carbons (Fsp3) is 1.00. The Morgan fingerprint density at radius 2 is 1.33 bits per heavy atom. The first-order chi connectivity index (χ1) is 10.9. The number of hydrogen-bond donors (Lipinski definition) is 2. The molecule has 0 bridgehead atoms. The van der Waals surface area contributed by atoms with E-state index in [0.29, 0.717) is 38.5 Å². The van der Waals surface area contributed by atoms with Gasteiger partial charge in [-0.25, -0.2) is 21.6 Å². The van der Waals surface area contributed by atoms with Gasteiger partial charge in [-0.1, -0.05) is 12.8 Å². The molecule has 0 amide bonds. The van der Waals surface area contributed by atoms with Crippen LogP contribution < -0.4 is 4.72 Å². The van der Waals surface area contributed by atoms with E-state index in [1.165, 1.54) is 0 Å². The van der Waals surface area contributed by atoms with Crippen molar-refractivity contribution in [2.24, 2.45) is 0 Å². The standard InChI is InChI=1S/C13H25NO7S3/c1-22(15,16)11-5-3-6-12(9-11)23(17,18)14-10-4-2-7-13(8-10)24(19,20)21/h10-14H,2-9H2,1H3,(H,19,20,21). The Balaban J connectivity index is 2.05. The summed E-state index contributed by atoms with van der Waals surface area (Å²) in [5.41, 5.74) is 0. The largest absolute Gasteiger partial charge is 0.285 e. The van der Waals surface area contributed by atoms with Crippen molar-refractivity contribution in [2.75, 3.05) is 6.26 Å². The van der Waals surface area contributed by atoms with Crippen molar-refractivity contribution in [2.45, 2.75) is 73.2 Å². The van der Waals surface area contributed by atoms with Crippen LogP contribution in [0.1, 0.15) is 51.4 Å². The Morgan fingerprint density at radius 3 is 1.92 bits per heavy atom. The van der Waals surface area contributed by atoms with E-state index >= 15 is 0 Å². The van der Waals surface area contributed by atoms with Crippen LogP contribution in [0.3, 0.4) is 0 Å². The maximum absolute atomic E-state index is 12.6. The van der Waals surface area contributed by atoms with E-state index in [2.05, 4.69) is 4.72 Å². The van der Waals surface area contributed by atoms with Gasteiger partial charge in [-0.15, -0.1) is 0 Å². The summed E-state index contributed by atoms with van der Waals surface area (Å²) in [6.07, 6.45) is 3.97. The lowest BCUT2D eigenvalue weighted by Crippen LogP contribution is -2.47. The Labute approximate surface area is 144 Å². The lowest BCUT2D eigenvalue weighted by Gasteiger charge is -2.32. The average molecular weight is 404 g/mol. The van der Waals surface area contributed by atoms with Crippen molar-refractivity contribution in [3.8, 4) is 0 Å². The molecule has 2 fully saturated rings. The molecule has 0 saturated heterocycles. The molecule has 0 aliphatic heterocycles. The molecule has 0 heterocycles. The van der Waals surface area contributed by atoms with Gasteiger partial charge in [-0.2, -0.15) is 8.42 Å². The zero-order valence-electron chi connectivity index (χ0n) is 13.6. The highest BCUT2D eigenvalue weighted by molar-refractivity contribution is 7.91. The van der Waals surface area contributed by atoms with Crippen LogP contribution in [0.5, 0.6) is 0 Å². The summed E-state index contributed by atoms with van der Waals surface area (Å²) in [5.74, 6) is 0. The predicted molar refractivity (Wildman–Crippen MR) is 90.5 cm³/mol. The van der Waals surface area contributed by atoms with Gasteiger partial charge < -0.3 is 0 Å². The molecule has 0 aromatic heterocycles. The van der Waals surface area contributed by atoms with Gasteiger partial charge in [0.15, 0.2) is 0 Å². The van der Waals surface area contributed by atoms with Gasteiger partial charge in [0.05, 0.1) is 15.7 Å². The molecule has 4 atom stereocenters. The minimum Gasteiger partial charge on any atom is -0.285 e. The molecule has 2 aliphatic rings. The molecule has 0 aromatic carbocycles.